The molecule has 0 amide bonds. The summed E-state index contributed by atoms with van der Waals surface area (Å²) >= 11 is 0. The van der Waals surface area contributed by atoms with Crippen LogP contribution in [0, 0.1) is 44.8 Å². The van der Waals surface area contributed by atoms with Crippen LogP contribution in [0.4, 0.5) is 5.69 Å². The number of rotatable bonds is 15. The van der Waals surface area contributed by atoms with Crippen LogP contribution in [0.3, 0.4) is 0 Å². The number of benzene rings is 1. The Morgan fingerprint density at radius 1 is 0.786 bits per heavy atom. The summed E-state index contributed by atoms with van der Waals surface area (Å²) in [5.41, 5.74) is 5.01. The molecule has 0 aromatic heterocycles. The molecule has 1 aromatic rings. The van der Waals surface area contributed by atoms with Crippen LogP contribution in [0.1, 0.15) is 94.6 Å². The van der Waals surface area contributed by atoms with Crippen molar-refractivity contribution in [1.82, 2.24) is 0 Å². The van der Waals surface area contributed by atoms with Gasteiger partial charge in [0.15, 0.2) is 28.0 Å². The second kappa shape index (κ2) is 19.5. The molecule has 0 saturated heterocycles. The number of hydrogen-bond acceptors (Lipinski definition) is 7. The average molecular weight is 795 g/mol. The van der Waals surface area contributed by atoms with E-state index in [-0.39, 0.29) is 32.4 Å². The zero-order chi connectivity index (χ0) is 42.8. The zero-order valence-electron chi connectivity index (χ0n) is 37.5. The van der Waals surface area contributed by atoms with Crippen LogP contribution in [0.2, 0.25) is 36.3 Å². The fourth-order valence-corrected chi connectivity index (χ4v) is 8.08. The van der Waals surface area contributed by atoms with Crippen molar-refractivity contribution in [2.24, 2.45) is 10.8 Å². The maximum absolute atomic E-state index is 10.1. The van der Waals surface area contributed by atoms with Crippen LogP contribution < -0.4 is 4.90 Å². The van der Waals surface area contributed by atoms with Crippen molar-refractivity contribution in [3.05, 3.63) is 93.8 Å². The van der Waals surface area contributed by atoms with Crippen LogP contribution in [0.15, 0.2) is 88.3 Å². The van der Waals surface area contributed by atoms with Crippen molar-refractivity contribution < 1.29 is 13.6 Å². The van der Waals surface area contributed by atoms with E-state index in [1.807, 2.05) is 45.1 Å². The smallest absolute Gasteiger partial charge is 0.192 e. The quantitative estimate of drug-likeness (QED) is 0.0754. The molecule has 0 radical (unpaired) electrons. The molecule has 304 valence electrons. The maximum Gasteiger partial charge on any atom is 0.192 e. The standard InChI is InChI=1S/C47H70N4O3Si2/c1-44(2,3)42(41(35-50)43(52-12)39(33-48)34-49)19-17-18-37-30-38(32-47(10,11)31-37)21-20-36-22-24-40(25-23-36)51(26-28-53-55(13,14)45(4,5)6)27-29-54-56(15,16)46(7,8)9/h17-25,30H,26-29,31-32H2,1-16H3/b19-17+,21-20+,37-18-,42-41-. The Balaban J connectivity index is 2.39. The summed E-state index contributed by atoms with van der Waals surface area (Å²) in [6.45, 7) is 36.5. The SMILES string of the molecule is COC(=C(C#N)C#N)/C(C#N)=C(/C=C/C=C1C=C(/C=C/c2ccc(N(CCO[Si](C)(C)C(C)(C)C)CCO[Si](C)(C)C(C)(C)C)cc2)CC(C)(C)C/1)C(C)(C)C. The molecule has 0 spiro atoms. The van der Waals surface area contributed by atoms with Crippen molar-refractivity contribution in [3.8, 4) is 18.2 Å². The lowest BCUT2D eigenvalue weighted by molar-refractivity contribution is 0.276. The van der Waals surface area contributed by atoms with Crippen molar-refractivity contribution in [3.63, 3.8) is 0 Å². The Hall–Kier alpha value is -3.92. The second-order valence-corrected chi connectivity index (χ2v) is 29.4. The van der Waals surface area contributed by atoms with Crippen LogP contribution in [-0.2, 0) is 13.6 Å². The van der Waals surface area contributed by atoms with Gasteiger partial charge in [-0.25, -0.2) is 0 Å². The number of nitrogens with zero attached hydrogens (tertiary/aromatic N) is 4. The summed E-state index contributed by atoms with van der Waals surface area (Å²) in [4.78, 5) is 2.41. The van der Waals surface area contributed by atoms with E-state index in [1.54, 1.807) is 0 Å². The molecule has 0 fully saturated rings. The van der Waals surface area contributed by atoms with E-state index in [0.717, 1.165) is 31.5 Å². The van der Waals surface area contributed by atoms with Crippen LogP contribution in [0.5, 0.6) is 0 Å². The van der Waals surface area contributed by atoms with Crippen LogP contribution in [-0.4, -0.2) is 50.0 Å². The Labute approximate surface area is 343 Å². The molecule has 1 aliphatic carbocycles. The fraction of sp³-hybridized carbons (Fsp3) is 0.553. The van der Waals surface area contributed by atoms with Gasteiger partial charge in [-0.05, 0) is 94.4 Å². The monoisotopic (exact) mass is 794 g/mol. The van der Waals surface area contributed by atoms with Crippen LogP contribution in [0.25, 0.3) is 6.08 Å². The Bertz CT molecular complexity index is 1790. The molecule has 0 heterocycles. The van der Waals surface area contributed by atoms with Crippen LogP contribution >= 0.6 is 0 Å². The highest BCUT2D eigenvalue weighted by Crippen LogP contribution is 2.40. The molecule has 0 saturated carbocycles. The predicted octanol–water partition coefficient (Wildman–Crippen LogP) is 12.6. The molecule has 0 bridgehead atoms. The van der Waals surface area contributed by atoms with Gasteiger partial charge in [0.05, 0.1) is 25.9 Å². The molecule has 0 aliphatic heterocycles. The van der Waals surface area contributed by atoms with Gasteiger partial charge in [0.2, 0.25) is 0 Å². The topological polar surface area (TPSA) is 102 Å². The third-order valence-electron chi connectivity index (χ3n) is 11.4. The molecular weight excluding hydrogens is 725 g/mol. The predicted molar refractivity (Wildman–Crippen MR) is 240 cm³/mol. The first-order chi connectivity index (χ1) is 25.7. The first-order valence-corrected chi connectivity index (χ1v) is 25.7. The lowest BCUT2D eigenvalue weighted by Gasteiger charge is -2.38. The summed E-state index contributed by atoms with van der Waals surface area (Å²) in [5, 5.41) is 29.4. The van der Waals surface area contributed by atoms with E-state index in [2.05, 4.69) is 141 Å². The fourth-order valence-electron chi connectivity index (χ4n) is 6.01. The highest BCUT2D eigenvalue weighted by molar-refractivity contribution is 6.74. The van der Waals surface area contributed by atoms with E-state index in [1.165, 1.54) is 23.9 Å². The molecule has 9 heteroatoms. The van der Waals surface area contributed by atoms with Gasteiger partial charge in [0.1, 0.15) is 18.2 Å². The molecular formula is C47H70N4O3Si2. The first-order valence-electron chi connectivity index (χ1n) is 19.8. The van der Waals surface area contributed by atoms with E-state index >= 15 is 0 Å². The lowest BCUT2D eigenvalue weighted by Crippen LogP contribution is -2.44. The van der Waals surface area contributed by atoms with Gasteiger partial charge in [-0.3, -0.25) is 0 Å². The van der Waals surface area contributed by atoms with Gasteiger partial charge >= 0.3 is 0 Å². The third-order valence-corrected chi connectivity index (χ3v) is 20.5. The van der Waals surface area contributed by atoms with Crippen molar-refractivity contribution in [1.29, 1.82) is 15.8 Å². The third kappa shape index (κ3) is 13.9. The molecule has 0 N–H and O–H groups in total. The molecule has 1 aliphatic rings. The summed E-state index contributed by atoms with van der Waals surface area (Å²) in [7, 11) is -2.35. The second-order valence-electron chi connectivity index (χ2n) is 19.7. The van der Waals surface area contributed by atoms with Gasteiger partial charge in [-0.15, -0.1) is 0 Å². The van der Waals surface area contributed by atoms with E-state index in [0.29, 0.717) is 18.8 Å². The summed E-state index contributed by atoms with van der Waals surface area (Å²) in [6, 6.07) is 14.7. The van der Waals surface area contributed by atoms with Crippen molar-refractivity contribution >= 4 is 28.4 Å². The average Bonchev–Trinajstić information content (AvgIpc) is 3.07. The number of hydrogen-bond donors (Lipinski definition) is 0. The Kier molecular flexibility index (Phi) is 16.8. The highest BCUT2D eigenvalue weighted by Gasteiger charge is 2.38. The van der Waals surface area contributed by atoms with Gasteiger partial charge in [-0.1, -0.05) is 125 Å². The minimum Gasteiger partial charge on any atom is -0.493 e. The number of anilines is 1. The molecule has 0 unspecified atom stereocenters. The zero-order valence-corrected chi connectivity index (χ0v) is 39.5. The summed E-state index contributed by atoms with van der Waals surface area (Å²) < 4.78 is 18.6. The highest BCUT2D eigenvalue weighted by atomic mass is 28.4. The number of nitriles is 3. The molecule has 0 atom stereocenters. The normalized spacial score (nSPS) is 16.5. The molecule has 7 nitrogen and oxygen atoms in total. The minimum atomic E-state index is -1.86. The molecule has 1 aromatic carbocycles. The molecule has 2 rings (SSSR count). The van der Waals surface area contributed by atoms with E-state index < -0.39 is 22.0 Å². The van der Waals surface area contributed by atoms with Gasteiger partial charge in [0.25, 0.3) is 0 Å². The van der Waals surface area contributed by atoms with Gasteiger partial charge < -0.3 is 18.5 Å². The van der Waals surface area contributed by atoms with E-state index in [4.69, 9.17) is 13.6 Å². The summed E-state index contributed by atoms with van der Waals surface area (Å²) in [5.74, 6) is -0.00194. The van der Waals surface area contributed by atoms with Gasteiger partial charge in [0, 0.05) is 18.8 Å². The Morgan fingerprint density at radius 2 is 1.30 bits per heavy atom. The van der Waals surface area contributed by atoms with E-state index in [9.17, 15) is 15.8 Å². The van der Waals surface area contributed by atoms with Crippen molar-refractivity contribution in [2.45, 2.75) is 125 Å². The van der Waals surface area contributed by atoms with Gasteiger partial charge in [-0.2, -0.15) is 15.8 Å². The minimum absolute atomic E-state index is 0.00194. The number of allylic oxidation sites excluding steroid dienone is 10. The number of ether oxygens (including phenoxy) is 1. The molecule has 56 heavy (non-hydrogen) atoms. The maximum atomic E-state index is 10.1. The number of methoxy groups -OCH3 is 1. The first kappa shape index (κ1) is 48.2. The lowest BCUT2D eigenvalue weighted by atomic mass is 9.75. The Morgan fingerprint density at radius 3 is 1.73 bits per heavy atom. The van der Waals surface area contributed by atoms with Crippen molar-refractivity contribution in [2.75, 3.05) is 38.3 Å². The largest absolute Gasteiger partial charge is 0.493 e. The summed E-state index contributed by atoms with van der Waals surface area (Å²) in [6.07, 6.45) is 14.5.